The minimum absolute atomic E-state index is 0. The van der Waals surface area contributed by atoms with Crippen molar-refractivity contribution in [2.24, 2.45) is 11.7 Å². The molecule has 0 aromatic carbocycles. The lowest BCUT2D eigenvalue weighted by Gasteiger charge is -2.37. The first-order valence-electron chi connectivity index (χ1n) is 7.82. The van der Waals surface area contributed by atoms with Crippen LogP contribution in [0.2, 0.25) is 0 Å². The molecule has 21 heavy (non-hydrogen) atoms. The van der Waals surface area contributed by atoms with E-state index in [1.54, 1.807) is 0 Å². The molecule has 2 aliphatic rings. The van der Waals surface area contributed by atoms with Crippen LogP contribution in [0.1, 0.15) is 52.4 Å². The Morgan fingerprint density at radius 1 is 1.24 bits per heavy atom. The van der Waals surface area contributed by atoms with Crippen LogP contribution in [0.4, 0.5) is 0 Å². The highest BCUT2D eigenvalue weighted by Crippen LogP contribution is 2.29. The van der Waals surface area contributed by atoms with Gasteiger partial charge in [-0.15, -0.1) is 12.4 Å². The molecular weight excluding hydrogens is 290 g/mol. The number of carbonyl (C=O) groups is 2. The van der Waals surface area contributed by atoms with Crippen molar-refractivity contribution < 1.29 is 9.59 Å². The molecule has 5 nitrogen and oxygen atoms in total. The summed E-state index contributed by atoms with van der Waals surface area (Å²) < 4.78 is 0. The molecule has 1 saturated heterocycles. The average molecular weight is 318 g/mol. The molecule has 0 radical (unpaired) electrons. The average Bonchev–Trinajstić information content (AvgIpc) is 3.23. The van der Waals surface area contributed by atoms with Gasteiger partial charge in [-0.25, -0.2) is 0 Å². The molecule has 1 atom stereocenters. The van der Waals surface area contributed by atoms with E-state index in [4.69, 9.17) is 5.73 Å². The van der Waals surface area contributed by atoms with E-state index in [0.717, 1.165) is 32.1 Å². The second-order valence-corrected chi connectivity index (χ2v) is 6.52. The van der Waals surface area contributed by atoms with Crippen molar-refractivity contribution in [1.82, 2.24) is 10.2 Å². The molecule has 3 N–H and O–H groups in total. The van der Waals surface area contributed by atoms with Gasteiger partial charge in [0.25, 0.3) is 0 Å². The molecule has 2 amide bonds. The number of likely N-dealkylation sites (tertiary alicyclic amines) is 1. The number of amides is 2. The number of carbonyl (C=O) groups excluding carboxylic acids is 2. The van der Waals surface area contributed by atoms with Crippen molar-refractivity contribution >= 4 is 24.2 Å². The second kappa shape index (κ2) is 7.45. The Kier molecular flexibility index (Phi) is 6.47. The summed E-state index contributed by atoms with van der Waals surface area (Å²) in [7, 11) is 0. The summed E-state index contributed by atoms with van der Waals surface area (Å²) in [6.07, 6.45) is 5.37. The maximum atomic E-state index is 12.4. The number of hydrogen-bond acceptors (Lipinski definition) is 3. The van der Waals surface area contributed by atoms with Gasteiger partial charge in [-0.05, 0) is 39.0 Å². The van der Waals surface area contributed by atoms with Crippen molar-refractivity contribution in [2.75, 3.05) is 13.1 Å². The summed E-state index contributed by atoms with van der Waals surface area (Å²) >= 11 is 0. The first-order valence-corrected chi connectivity index (χ1v) is 7.82. The lowest BCUT2D eigenvalue weighted by molar-refractivity contribution is -0.137. The van der Waals surface area contributed by atoms with Gasteiger partial charge in [-0.1, -0.05) is 13.3 Å². The third kappa shape index (κ3) is 4.85. The van der Waals surface area contributed by atoms with Gasteiger partial charge < -0.3 is 16.0 Å². The van der Waals surface area contributed by atoms with Crippen molar-refractivity contribution in [1.29, 1.82) is 0 Å². The zero-order chi connectivity index (χ0) is 14.8. The molecule has 1 heterocycles. The van der Waals surface area contributed by atoms with Gasteiger partial charge in [-0.2, -0.15) is 0 Å². The number of nitrogens with one attached hydrogen (secondary N) is 1. The van der Waals surface area contributed by atoms with Crippen LogP contribution in [0.5, 0.6) is 0 Å². The highest BCUT2D eigenvalue weighted by Gasteiger charge is 2.35. The van der Waals surface area contributed by atoms with Gasteiger partial charge >= 0.3 is 0 Å². The molecule has 0 spiro atoms. The summed E-state index contributed by atoms with van der Waals surface area (Å²) in [4.78, 5) is 25.9. The van der Waals surface area contributed by atoms with E-state index in [-0.39, 0.29) is 36.2 Å². The predicted molar refractivity (Wildman–Crippen MR) is 85.2 cm³/mol. The Hall–Kier alpha value is -0.810. The van der Waals surface area contributed by atoms with Crippen LogP contribution in [-0.4, -0.2) is 41.4 Å². The summed E-state index contributed by atoms with van der Waals surface area (Å²) in [5.74, 6) is 0.502. The quantitative estimate of drug-likeness (QED) is 0.805. The molecule has 1 aliphatic heterocycles. The van der Waals surface area contributed by atoms with E-state index < -0.39 is 5.54 Å². The summed E-state index contributed by atoms with van der Waals surface area (Å²) in [5, 5.41) is 3.10. The van der Waals surface area contributed by atoms with E-state index in [0.29, 0.717) is 19.5 Å². The van der Waals surface area contributed by atoms with Gasteiger partial charge in [-0.3, -0.25) is 9.59 Å². The fourth-order valence-corrected chi connectivity index (χ4v) is 2.88. The van der Waals surface area contributed by atoms with Crippen LogP contribution in [0.25, 0.3) is 0 Å². The molecule has 6 heteroatoms. The highest BCUT2D eigenvalue weighted by molar-refractivity contribution is 5.86. The van der Waals surface area contributed by atoms with E-state index in [1.165, 1.54) is 0 Å². The Labute approximate surface area is 133 Å². The Morgan fingerprint density at radius 3 is 2.29 bits per heavy atom. The first kappa shape index (κ1) is 18.2. The van der Waals surface area contributed by atoms with Crippen LogP contribution >= 0.6 is 12.4 Å². The van der Waals surface area contributed by atoms with Crippen LogP contribution in [0.3, 0.4) is 0 Å². The molecule has 1 unspecified atom stereocenters. The number of rotatable bonds is 5. The summed E-state index contributed by atoms with van der Waals surface area (Å²) in [5.41, 5.74) is 5.35. The largest absolute Gasteiger partial charge is 0.353 e. The van der Waals surface area contributed by atoms with Crippen LogP contribution in [0.15, 0.2) is 0 Å². The van der Waals surface area contributed by atoms with E-state index in [9.17, 15) is 9.59 Å². The first-order chi connectivity index (χ1) is 9.44. The Morgan fingerprint density at radius 2 is 1.81 bits per heavy atom. The molecule has 2 rings (SSSR count). The van der Waals surface area contributed by atoms with Gasteiger partial charge in [0.2, 0.25) is 11.8 Å². The molecular formula is C15H28ClN3O2. The molecule has 0 aromatic heterocycles. The predicted octanol–water partition coefficient (Wildman–Crippen LogP) is 1.44. The minimum atomic E-state index is -0.751. The lowest BCUT2D eigenvalue weighted by Crippen LogP contribution is -2.56. The molecule has 2 fully saturated rings. The van der Waals surface area contributed by atoms with E-state index >= 15 is 0 Å². The van der Waals surface area contributed by atoms with E-state index in [2.05, 4.69) is 5.32 Å². The van der Waals surface area contributed by atoms with Crippen molar-refractivity contribution in [3.05, 3.63) is 0 Å². The smallest absolute Gasteiger partial charge is 0.242 e. The topological polar surface area (TPSA) is 75.4 Å². The molecule has 1 aliphatic carbocycles. The Balaban J connectivity index is 0.00000220. The zero-order valence-corrected chi connectivity index (χ0v) is 13.9. The molecule has 0 bridgehead atoms. The third-order valence-corrected chi connectivity index (χ3v) is 4.33. The summed E-state index contributed by atoms with van der Waals surface area (Å²) in [6.45, 7) is 5.26. The highest BCUT2D eigenvalue weighted by atomic mass is 35.5. The minimum Gasteiger partial charge on any atom is -0.353 e. The third-order valence-electron chi connectivity index (χ3n) is 4.33. The number of hydrogen-bond donors (Lipinski definition) is 2. The van der Waals surface area contributed by atoms with Crippen molar-refractivity contribution in [3.8, 4) is 0 Å². The van der Waals surface area contributed by atoms with Crippen LogP contribution < -0.4 is 11.1 Å². The maximum Gasteiger partial charge on any atom is 0.242 e. The number of nitrogens with two attached hydrogens (primary N) is 1. The number of nitrogens with zero attached hydrogens (tertiary/aromatic N) is 1. The van der Waals surface area contributed by atoms with Crippen LogP contribution in [0, 0.1) is 5.92 Å². The maximum absolute atomic E-state index is 12.4. The van der Waals surface area contributed by atoms with Gasteiger partial charge in [0.05, 0.1) is 5.54 Å². The van der Waals surface area contributed by atoms with Gasteiger partial charge in [0, 0.05) is 25.0 Å². The van der Waals surface area contributed by atoms with Crippen molar-refractivity contribution in [2.45, 2.75) is 64.0 Å². The SMILES string of the molecule is CCCC(C)(N)C(=O)N1CCC(NC(=O)C2CC2)CC1.Cl. The normalized spacial score (nSPS) is 22.1. The molecule has 1 saturated carbocycles. The van der Waals surface area contributed by atoms with Crippen LogP contribution in [-0.2, 0) is 9.59 Å². The van der Waals surface area contributed by atoms with Crippen molar-refractivity contribution in [3.63, 3.8) is 0 Å². The Bertz CT molecular complexity index is 375. The standard InChI is InChI=1S/C15H27N3O2.ClH/c1-3-8-15(2,16)14(20)18-9-6-12(7-10-18)17-13(19)11-4-5-11;/h11-12H,3-10,16H2,1-2H3,(H,17,19);1H. The zero-order valence-electron chi connectivity index (χ0n) is 13.1. The van der Waals surface area contributed by atoms with Gasteiger partial charge in [0.1, 0.15) is 0 Å². The fraction of sp³-hybridized carbons (Fsp3) is 0.867. The fourth-order valence-electron chi connectivity index (χ4n) is 2.88. The van der Waals surface area contributed by atoms with E-state index in [1.807, 2.05) is 18.7 Å². The molecule has 122 valence electrons. The van der Waals surface area contributed by atoms with Gasteiger partial charge in [0.15, 0.2) is 0 Å². The monoisotopic (exact) mass is 317 g/mol. The lowest BCUT2D eigenvalue weighted by atomic mass is 9.94. The number of halogens is 1. The second-order valence-electron chi connectivity index (χ2n) is 6.52. The summed E-state index contributed by atoms with van der Waals surface area (Å²) in [6, 6.07) is 0.224. The molecule has 0 aromatic rings. The number of piperidine rings is 1.